The molecular weight excluding hydrogens is 270 g/mol. The molecular formula is C20H39NO. The van der Waals surface area contributed by atoms with Gasteiger partial charge in [0.1, 0.15) is 0 Å². The van der Waals surface area contributed by atoms with Crippen LogP contribution in [0.2, 0.25) is 0 Å². The standard InChI is InChI=1S/C20H39NO/c1-17(2)7-5-6-11-21-12-9-20(10-13-21)15-19(16-20)22-14-8-18(3)4/h17-19H,5-16H2,1-4H3. The molecule has 2 aliphatic rings. The van der Waals surface area contributed by atoms with Crippen LogP contribution in [0.1, 0.15) is 79.1 Å². The average Bonchev–Trinajstić information content (AvgIpc) is 2.42. The highest BCUT2D eigenvalue weighted by Crippen LogP contribution is 2.50. The highest BCUT2D eigenvalue weighted by Gasteiger charge is 2.46. The molecule has 1 spiro atoms. The van der Waals surface area contributed by atoms with Crippen molar-refractivity contribution in [2.45, 2.75) is 85.2 Å². The fourth-order valence-corrected chi connectivity index (χ4v) is 4.04. The van der Waals surface area contributed by atoms with Gasteiger partial charge in [-0.25, -0.2) is 0 Å². The Morgan fingerprint density at radius 2 is 1.59 bits per heavy atom. The Labute approximate surface area is 139 Å². The van der Waals surface area contributed by atoms with Gasteiger partial charge < -0.3 is 9.64 Å². The number of ether oxygens (including phenoxy) is 1. The summed E-state index contributed by atoms with van der Waals surface area (Å²) in [6.07, 6.45) is 11.5. The Morgan fingerprint density at radius 3 is 2.18 bits per heavy atom. The second-order valence-corrected chi connectivity index (χ2v) is 8.81. The van der Waals surface area contributed by atoms with Gasteiger partial charge in [0.15, 0.2) is 0 Å². The number of hydrogen-bond acceptors (Lipinski definition) is 2. The molecule has 0 unspecified atom stereocenters. The molecule has 2 fully saturated rings. The summed E-state index contributed by atoms with van der Waals surface area (Å²) in [6.45, 7) is 14.2. The molecule has 0 aromatic carbocycles. The average molecular weight is 310 g/mol. The largest absolute Gasteiger partial charge is 0.378 e. The smallest absolute Gasteiger partial charge is 0.0585 e. The van der Waals surface area contributed by atoms with E-state index >= 15 is 0 Å². The van der Waals surface area contributed by atoms with Crippen molar-refractivity contribution in [3.63, 3.8) is 0 Å². The minimum atomic E-state index is 0.580. The van der Waals surface area contributed by atoms with Gasteiger partial charge >= 0.3 is 0 Å². The van der Waals surface area contributed by atoms with E-state index in [2.05, 4.69) is 32.6 Å². The highest BCUT2D eigenvalue weighted by atomic mass is 16.5. The fourth-order valence-electron chi connectivity index (χ4n) is 4.04. The molecule has 1 heterocycles. The van der Waals surface area contributed by atoms with E-state index in [1.54, 1.807) is 0 Å². The van der Waals surface area contributed by atoms with E-state index in [1.165, 1.54) is 71.0 Å². The van der Waals surface area contributed by atoms with Gasteiger partial charge in [0.05, 0.1) is 6.10 Å². The Morgan fingerprint density at radius 1 is 0.955 bits per heavy atom. The first-order valence-corrected chi connectivity index (χ1v) is 9.83. The van der Waals surface area contributed by atoms with Crippen LogP contribution in [0.3, 0.4) is 0 Å². The molecule has 0 N–H and O–H groups in total. The normalized spacial score (nSPS) is 22.6. The van der Waals surface area contributed by atoms with Crippen LogP contribution in [0.4, 0.5) is 0 Å². The second-order valence-electron chi connectivity index (χ2n) is 8.81. The van der Waals surface area contributed by atoms with Gasteiger partial charge in [-0.05, 0) is 75.4 Å². The SMILES string of the molecule is CC(C)CCCCN1CCC2(CC1)CC(OCCC(C)C)C2. The lowest BCUT2D eigenvalue weighted by Crippen LogP contribution is -2.50. The molecule has 0 radical (unpaired) electrons. The van der Waals surface area contributed by atoms with Gasteiger partial charge in [0.25, 0.3) is 0 Å². The lowest BCUT2D eigenvalue weighted by molar-refractivity contribution is -0.106. The van der Waals surface area contributed by atoms with Gasteiger partial charge in [0.2, 0.25) is 0 Å². The minimum Gasteiger partial charge on any atom is -0.378 e. The van der Waals surface area contributed by atoms with E-state index in [0.29, 0.717) is 11.5 Å². The summed E-state index contributed by atoms with van der Waals surface area (Å²) in [5, 5.41) is 0. The van der Waals surface area contributed by atoms with Gasteiger partial charge in [-0.2, -0.15) is 0 Å². The first-order valence-electron chi connectivity index (χ1n) is 9.83. The van der Waals surface area contributed by atoms with E-state index in [0.717, 1.165) is 18.4 Å². The predicted molar refractivity (Wildman–Crippen MR) is 95.2 cm³/mol. The summed E-state index contributed by atoms with van der Waals surface area (Å²) in [4.78, 5) is 2.71. The number of rotatable bonds is 9. The van der Waals surface area contributed by atoms with Crippen molar-refractivity contribution in [2.75, 3.05) is 26.2 Å². The van der Waals surface area contributed by atoms with Gasteiger partial charge in [-0.3, -0.25) is 0 Å². The van der Waals surface area contributed by atoms with E-state index in [-0.39, 0.29) is 0 Å². The quantitative estimate of drug-likeness (QED) is 0.548. The Bertz CT molecular complexity index is 297. The van der Waals surface area contributed by atoms with Crippen LogP contribution >= 0.6 is 0 Å². The Balaban J connectivity index is 1.53. The number of piperidine rings is 1. The Kier molecular flexibility index (Phi) is 7.21. The summed E-state index contributed by atoms with van der Waals surface area (Å²) in [5.74, 6) is 1.64. The second kappa shape index (κ2) is 8.68. The van der Waals surface area contributed by atoms with Crippen LogP contribution in [-0.4, -0.2) is 37.2 Å². The summed E-state index contributed by atoms with van der Waals surface area (Å²) in [5.41, 5.74) is 0.664. The molecule has 0 aromatic heterocycles. The minimum absolute atomic E-state index is 0.580. The van der Waals surface area contributed by atoms with Crippen molar-refractivity contribution in [3.8, 4) is 0 Å². The maximum Gasteiger partial charge on any atom is 0.0585 e. The summed E-state index contributed by atoms with van der Waals surface area (Å²) < 4.78 is 6.03. The molecule has 2 nitrogen and oxygen atoms in total. The fraction of sp³-hybridized carbons (Fsp3) is 1.00. The molecule has 1 aliphatic carbocycles. The topological polar surface area (TPSA) is 12.5 Å². The maximum atomic E-state index is 6.03. The summed E-state index contributed by atoms with van der Waals surface area (Å²) in [6, 6.07) is 0. The molecule has 0 amide bonds. The van der Waals surface area contributed by atoms with Crippen molar-refractivity contribution in [1.82, 2.24) is 4.90 Å². The monoisotopic (exact) mass is 309 g/mol. The molecule has 1 saturated carbocycles. The third-order valence-corrected chi connectivity index (χ3v) is 5.79. The molecule has 1 saturated heterocycles. The zero-order valence-electron chi connectivity index (χ0n) is 15.6. The maximum absolute atomic E-state index is 6.03. The molecule has 130 valence electrons. The number of hydrogen-bond donors (Lipinski definition) is 0. The third-order valence-electron chi connectivity index (χ3n) is 5.79. The van der Waals surface area contributed by atoms with Crippen LogP contribution in [0.5, 0.6) is 0 Å². The van der Waals surface area contributed by atoms with Crippen LogP contribution in [0, 0.1) is 17.3 Å². The van der Waals surface area contributed by atoms with Crippen molar-refractivity contribution in [3.05, 3.63) is 0 Å². The van der Waals surface area contributed by atoms with Crippen molar-refractivity contribution >= 4 is 0 Å². The lowest BCUT2D eigenvalue weighted by Gasteiger charge is -2.52. The van der Waals surface area contributed by atoms with Gasteiger partial charge in [-0.1, -0.05) is 40.5 Å². The zero-order valence-corrected chi connectivity index (χ0v) is 15.6. The van der Waals surface area contributed by atoms with Crippen molar-refractivity contribution < 1.29 is 4.74 Å². The predicted octanol–water partition coefficient (Wildman–Crippen LogP) is 5.12. The molecule has 0 aromatic rings. The van der Waals surface area contributed by atoms with E-state index in [9.17, 15) is 0 Å². The van der Waals surface area contributed by atoms with E-state index in [1.807, 2.05) is 0 Å². The van der Waals surface area contributed by atoms with Crippen molar-refractivity contribution in [2.24, 2.45) is 17.3 Å². The molecule has 1 aliphatic heterocycles. The summed E-state index contributed by atoms with van der Waals surface area (Å²) in [7, 11) is 0. The zero-order chi connectivity index (χ0) is 16.0. The lowest BCUT2D eigenvalue weighted by atomic mass is 9.61. The Hall–Kier alpha value is -0.0800. The van der Waals surface area contributed by atoms with Crippen LogP contribution in [0.25, 0.3) is 0 Å². The third kappa shape index (κ3) is 5.85. The number of likely N-dealkylation sites (tertiary alicyclic amines) is 1. The van der Waals surface area contributed by atoms with Crippen LogP contribution in [-0.2, 0) is 4.74 Å². The molecule has 2 heteroatoms. The number of nitrogens with zero attached hydrogens (tertiary/aromatic N) is 1. The molecule has 0 atom stereocenters. The first-order chi connectivity index (χ1) is 10.5. The summed E-state index contributed by atoms with van der Waals surface area (Å²) >= 11 is 0. The van der Waals surface area contributed by atoms with Crippen LogP contribution < -0.4 is 0 Å². The van der Waals surface area contributed by atoms with E-state index < -0.39 is 0 Å². The van der Waals surface area contributed by atoms with Crippen molar-refractivity contribution in [1.29, 1.82) is 0 Å². The first kappa shape index (κ1) is 18.3. The van der Waals surface area contributed by atoms with E-state index in [4.69, 9.17) is 4.74 Å². The van der Waals surface area contributed by atoms with Crippen LogP contribution in [0.15, 0.2) is 0 Å². The van der Waals surface area contributed by atoms with Gasteiger partial charge in [0, 0.05) is 6.61 Å². The highest BCUT2D eigenvalue weighted by molar-refractivity contribution is 4.97. The molecule has 22 heavy (non-hydrogen) atoms. The molecule has 0 bridgehead atoms. The number of unbranched alkanes of at least 4 members (excludes halogenated alkanes) is 1. The molecule has 2 rings (SSSR count). The van der Waals surface area contributed by atoms with Gasteiger partial charge in [-0.15, -0.1) is 0 Å².